The normalized spacial score (nSPS) is 16.2. The van der Waals surface area contributed by atoms with Crippen molar-refractivity contribution in [3.63, 3.8) is 0 Å². The molecule has 4 rings (SSSR count). The maximum Gasteiger partial charge on any atom is 0.354 e. The van der Waals surface area contributed by atoms with E-state index in [4.69, 9.17) is 5.14 Å². The summed E-state index contributed by atoms with van der Waals surface area (Å²) in [5, 5.41) is 38.1. The van der Waals surface area contributed by atoms with Crippen LogP contribution in [0.5, 0.6) is 0 Å². The highest BCUT2D eigenvalue weighted by molar-refractivity contribution is 7.91. The summed E-state index contributed by atoms with van der Waals surface area (Å²) >= 11 is 0. The third kappa shape index (κ3) is 4.23. The average molecular weight is 464 g/mol. The molecule has 0 radical (unpaired) electrons. The zero-order valence-corrected chi connectivity index (χ0v) is 19.4. The second-order valence-electron chi connectivity index (χ2n) is 8.99. The quantitative estimate of drug-likeness (QED) is 0.635. The van der Waals surface area contributed by atoms with Crippen LogP contribution in [-0.4, -0.2) is 15.3 Å². The van der Waals surface area contributed by atoms with E-state index in [9.17, 15) is 24.6 Å². The average Bonchev–Trinajstić information content (AvgIpc) is 3.42. The molecule has 0 aromatic heterocycles. The van der Waals surface area contributed by atoms with Crippen LogP contribution in [-0.2, 0) is 41.2 Å². The molecule has 170 valence electrons. The van der Waals surface area contributed by atoms with Crippen molar-refractivity contribution >= 4 is 21.6 Å². The fourth-order valence-corrected chi connectivity index (χ4v) is 5.72. The van der Waals surface area contributed by atoms with Gasteiger partial charge in [0.1, 0.15) is 9.92 Å². The predicted molar refractivity (Wildman–Crippen MR) is 124 cm³/mol. The molecule has 1 atom stereocenters. The number of benzene rings is 2. The highest BCUT2D eigenvalue weighted by Gasteiger charge is 2.29. The Morgan fingerprint density at radius 2 is 1.64 bits per heavy atom. The SMILES string of the molecule is CC(C)(O)c1cc(C#N)cc([S@@](N)(=O)=NC(=O)Nc2c3c(c(C#N)c4c2CCC4)CCC3)c1. The number of carbonyl (C=O) groups excluding carboxylic acids is 1. The summed E-state index contributed by atoms with van der Waals surface area (Å²) in [6, 6.07) is 7.64. The topological polar surface area (TPSA) is 152 Å². The Balaban J connectivity index is 1.75. The van der Waals surface area contributed by atoms with Gasteiger partial charge < -0.3 is 10.4 Å². The van der Waals surface area contributed by atoms with E-state index in [1.54, 1.807) is 0 Å². The maximum atomic E-state index is 13.2. The molecular formula is C24H25N5O3S. The first kappa shape index (κ1) is 22.9. The van der Waals surface area contributed by atoms with Crippen LogP contribution in [0.2, 0.25) is 0 Å². The van der Waals surface area contributed by atoms with E-state index in [1.807, 2.05) is 6.07 Å². The summed E-state index contributed by atoms with van der Waals surface area (Å²) in [6.07, 6.45) is 4.90. The number of aliphatic hydroxyl groups is 1. The minimum atomic E-state index is -3.69. The number of nitrogens with zero attached hydrogens (tertiary/aromatic N) is 3. The first-order valence-corrected chi connectivity index (χ1v) is 12.4. The second-order valence-corrected chi connectivity index (χ2v) is 10.8. The Morgan fingerprint density at radius 1 is 1.06 bits per heavy atom. The number of hydrogen-bond acceptors (Lipinski definition) is 5. The van der Waals surface area contributed by atoms with Crippen LogP contribution in [0.4, 0.5) is 10.5 Å². The van der Waals surface area contributed by atoms with Crippen LogP contribution in [0.15, 0.2) is 27.5 Å². The van der Waals surface area contributed by atoms with E-state index in [1.165, 1.54) is 32.0 Å². The molecule has 0 bridgehead atoms. The van der Waals surface area contributed by atoms with Crippen LogP contribution >= 0.6 is 0 Å². The van der Waals surface area contributed by atoms with Gasteiger partial charge in [0.2, 0.25) is 0 Å². The van der Waals surface area contributed by atoms with Crippen molar-refractivity contribution in [3.8, 4) is 12.1 Å². The monoisotopic (exact) mass is 463 g/mol. The van der Waals surface area contributed by atoms with Crippen LogP contribution < -0.4 is 10.5 Å². The lowest BCUT2D eigenvalue weighted by molar-refractivity contribution is 0.0783. The Labute approximate surface area is 193 Å². The van der Waals surface area contributed by atoms with Crippen molar-refractivity contribution in [3.05, 3.63) is 57.1 Å². The Kier molecular flexibility index (Phi) is 5.75. The molecule has 0 spiro atoms. The smallest absolute Gasteiger partial charge is 0.354 e. The Morgan fingerprint density at radius 3 is 2.15 bits per heavy atom. The molecule has 4 N–H and O–H groups in total. The number of nitrogens with two attached hydrogens (primary N) is 1. The van der Waals surface area contributed by atoms with E-state index < -0.39 is 21.5 Å². The van der Waals surface area contributed by atoms with Gasteiger partial charge in [0.15, 0.2) is 0 Å². The predicted octanol–water partition coefficient (Wildman–Crippen LogP) is 3.57. The second kappa shape index (κ2) is 8.27. The van der Waals surface area contributed by atoms with Crippen LogP contribution in [0.25, 0.3) is 0 Å². The van der Waals surface area contributed by atoms with Crippen molar-refractivity contribution in [2.24, 2.45) is 9.50 Å². The molecule has 33 heavy (non-hydrogen) atoms. The largest absolute Gasteiger partial charge is 0.386 e. The van der Waals surface area contributed by atoms with Gasteiger partial charge in [0.05, 0.1) is 33.8 Å². The molecule has 0 saturated carbocycles. The minimum absolute atomic E-state index is 0.0101. The molecule has 2 aliphatic carbocycles. The molecule has 9 heteroatoms. The van der Waals surface area contributed by atoms with Crippen LogP contribution in [0.3, 0.4) is 0 Å². The highest BCUT2D eigenvalue weighted by atomic mass is 32.2. The van der Waals surface area contributed by atoms with Gasteiger partial charge in [-0.2, -0.15) is 10.5 Å². The number of nitrogens with one attached hydrogen (secondary N) is 1. The molecule has 2 amide bonds. The summed E-state index contributed by atoms with van der Waals surface area (Å²) in [4.78, 5) is 12.9. The summed E-state index contributed by atoms with van der Waals surface area (Å²) in [6.45, 7) is 3.06. The van der Waals surface area contributed by atoms with E-state index in [2.05, 4.69) is 15.7 Å². The minimum Gasteiger partial charge on any atom is -0.386 e. The lowest BCUT2D eigenvalue weighted by Gasteiger charge is -2.19. The van der Waals surface area contributed by atoms with E-state index in [-0.39, 0.29) is 10.5 Å². The molecule has 8 nitrogen and oxygen atoms in total. The molecule has 0 aliphatic heterocycles. The fraction of sp³-hybridized carbons (Fsp3) is 0.375. The first-order valence-electron chi connectivity index (χ1n) is 10.8. The van der Waals surface area contributed by atoms with Crippen molar-refractivity contribution < 1.29 is 14.1 Å². The van der Waals surface area contributed by atoms with E-state index >= 15 is 0 Å². The zero-order valence-electron chi connectivity index (χ0n) is 18.6. The number of urea groups is 1. The molecule has 2 aliphatic rings. The van der Waals surface area contributed by atoms with Gasteiger partial charge in [-0.1, -0.05) is 0 Å². The molecule has 2 aromatic carbocycles. The number of carbonyl (C=O) groups is 1. The van der Waals surface area contributed by atoms with Gasteiger partial charge in [-0.15, -0.1) is 4.36 Å². The van der Waals surface area contributed by atoms with Gasteiger partial charge >= 0.3 is 6.03 Å². The number of anilines is 1. The number of amides is 2. The van der Waals surface area contributed by atoms with Crippen LogP contribution in [0.1, 0.15) is 65.6 Å². The first-order chi connectivity index (χ1) is 15.5. The van der Waals surface area contributed by atoms with Gasteiger partial charge in [-0.3, -0.25) is 0 Å². The number of rotatable bonds is 3. The fourth-order valence-electron chi connectivity index (χ4n) is 4.73. The maximum absolute atomic E-state index is 13.2. The lowest BCUT2D eigenvalue weighted by Crippen LogP contribution is -2.21. The number of nitriles is 2. The molecule has 0 heterocycles. The van der Waals surface area contributed by atoms with E-state index in [0.717, 1.165) is 66.3 Å². The Hall–Kier alpha value is -3.24. The molecule has 2 aromatic rings. The zero-order chi connectivity index (χ0) is 24.0. The van der Waals surface area contributed by atoms with Gasteiger partial charge in [0.25, 0.3) is 0 Å². The number of hydrogen-bond donors (Lipinski definition) is 3. The third-order valence-corrected chi connectivity index (χ3v) is 7.63. The molecule has 0 unspecified atom stereocenters. The standard InChI is InChI=1S/C24H25N5O3S/c1-24(2,31)15-9-14(12-25)10-16(11-15)33(27,32)29-23(30)28-22-19-7-3-5-17(19)21(13-26)18-6-4-8-20(18)22/h9-11,31H,3-8H2,1-2H3,(H3,27,28,29,30,32)/t33-/m0/s1. The van der Waals surface area contributed by atoms with Crippen molar-refractivity contribution in [1.29, 1.82) is 10.5 Å². The number of fused-ring (bicyclic) bond motifs is 2. The molecule has 0 fully saturated rings. The molecule has 0 saturated heterocycles. The summed E-state index contributed by atoms with van der Waals surface area (Å²) in [5.41, 5.74) is 4.47. The highest BCUT2D eigenvalue weighted by Crippen LogP contribution is 2.41. The summed E-state index contributed by atoms with van der Waals surface area (Å²) in [5.74, 6) is 0. The van der Waals surface area contributed by atoms with Gasteiger partial charge in [-0.25, -0.2) is 14.1 Å². The Bertz CT molecular complexity index is 1350. The third-order valence-electron chi connectivity index (χ3n) is 6.28. The lowest BCUT2D eigenvalue weighted by atomic mass is 9.93. The van der Waals surface area contributed by atoms with Crippen molar-refractivity contribution in [2.45, 2.75) is 62.9 Å². The van der Waals surface area contributed by atoms with E-state index in [0.29, 0.717) is 11.3 Å². The molecular weight excluding hydrogens is 438 g/mol. The summed E-state index contributed by atoms with van der Waals surface area (Å²) < 4.78 is 17.0. The van der Waals surface area contributed by atoms with Gasteiger partial charge in [0, 0.05) is 5.69 Å². The van der Waals surface area contributed by atoms with Crippen LogP contribution in [0, 0.1) is 22.7 Å². The van der Waals surface area contributed by atoms with Crippen molar-refractivity contribution in [2.75, 3.05) is 5.32 Å². The summed E-state index contributed by atoms with van der Waals surface area (Å²) in [7, 11) is -3.69. The van der Waals surface area contributed by atoms with Gasteiger partial charge in [-0.05, 0) is 98.4 Å². The van der Waals surface area contributed by atoms with Crippen molar-refractivity contribution in [1.82, 2.24) is 0 Å².